The Kier molecular flexibility index (Phi) is 3.96. The number of fused-ring (bicyclic) bond motifs is 1. The molecule has 2 rings (SSSR count). The fourth-order valence-electron chi connectivity index (χ4n) is 2.80. The van der Waals surface area contributed by atoms with Gasteiger partial charge in [0.25, 0.3) is 0 Å². The maximum atomic E-state index is 3.47. The van der Waals surface area contributed by atoms with Gasteiger partial charge in [0, 0.05) is 25.3 Å². The molecular weight excluding hydrogens is 220 g/mol. The summed E-state index contributed by atoms with van der Waals surface area (Å²) in [6, 6.07) is 6.88. The molecule has 2 nitrogen and oxygen atoms in total. The number of nitrogens with one attached hydrogen (secondary N) is 1. The molecular formula is C16H26N2. The molecule has 1 aliphatic rings. The molecule has 0 saturated carbocycles. The van der Waals surface area contributed by atoms with Gasteiger partial charge in [0.05, 0.1) is 0 Å². The van der Waals surface area contributed by atoms with Crippen LogP contribution in [0.5, 0.6) is 0 Å². The largest absolute Gasteiger partial charge is 0.385 e. The van der Waals surface area contributed by atoms with E-state index in [9.17, 15) is 0 Å². The topological polar surface area (TPSA) is 15.3 Å². The van der Waals surface area contributed by atoms with Crippen molar-refractivity contribution in [1.29, 1.82) is 0 Å². The Labute approximate surface area is 111 Å². The number of hydrogen-bond acceptors (Lipinski definition) is 2. The maximum absolute atomic E-state index is 3.47. The molecule has 0 amide bonds. The molecule has 18 heavy (non-hydrogen) atoms. The molecule has 1 aromatic rings. The normalized spacial score (nSPS) is 15.4. The highest BCUT2D eigenvalue weighted by Crippen LogP contribution is 2.24. The standard InChI is InChI=1S/C16H26N2/c1-16(2,3)12-18(4)11-13-7-8-15-14(10-13)6-5-9-17-15/h7-8,10,17H,5-6,9,11-12H2,1-4H3. The van der Waals surface area contributed by atoms with Crippen LogP contribution in [0.3, 0.4) is 0 Å². The van der Waals surface area contributed by atoms with Gasteiger partial charge in [-0.05, 0) is 42.5 Å². The van der Waals surface area contributed by atoms with E-state index < -0.39 is 0 Å². The van der Waals surface area contributed by atoms with Crippen LogP contribution in [0.15, 0.2) is 18.2 Å². The van der Waals surface area contributed by atoms with Gasteiger partial charge in [-0.1, -0.05) is 32.9 Å². The SMILES string of the molecule is CN(Cc1ccc2c(c1)CCCN2)CC(C)(C)C. The van der Waals surface area contributed by atoms with Crippen LogP contribution in [0.4, 0.5) is 5.69 Å². The van der Waals surface area contributed by atoms with Gasteiger partial charge < -0.3 is 10.2 Å². The van der Waals surface area contributed by atoms with Gasteiger partial charge in [0.15, 0.2) is 0 Å². The average Bonchev–Trinajstić information content (AvgIpc) is 2.26. The van der Waals surface area contributed by atoms with Gasteiger partial charge in [-0.15, -0.1) is 0 Å². The number of rotatable bonds is 3. The van der Waals surface area contributed by atoms with Crippen molar-refractivity contribution in [1.82, 2.24) is 4.90 Å². The molecule has 0 aliphatic carbocycles. The van der Waals surface area contributed by atoms with Crippen LogP contribution in [0.1, 0.15) is 38.3 Å². The zero-order valence-corrected chi connectivity index (χ0v) is 12.2. The molecule has 0 atom stereocenters. The Bertz CT molecular complexity index is 404. The van der Waals surface area contributed by atoms with Crippen LogP contribution < -0.4 is 5.32 Å². The first-order valence-corrected chi connectivity index (χ1v) is 6.98. The van der Waals surface area contributed by atoms with Crippen LogP contribution in [0, 0.1) is 5.41 Å². The number of benzene rings is 1. The van der Waals surface area contributed by atoms with E-state index in [0.29, 0.717) is 5.41 Å². The predicted octanol–water partition coefficient (Wildman–Crippen LogP) is 3.52. The third kappa shape index (κ3) is 3.74. The number of anilines is 1. The van der Waals surface area contributed by atoms with E-state index in [0.717, 1.165) is 19.6 Å². The minimum Gasteiger partial charge on any atom is -0.385 e. The Hall–Kier alpha value is -1.02. The molecule has 1 N–H and O–H groups in total. The van der Waals surface area contributed by atoms with E-state index in [-0.39, 0.29) is 0 Å². The summed E-state index contributed by atoms with van der Waals surface area (Å²) >= 11 is 0. The zero-order chi connectivity index (χ0) is 13.2. The molecule has 100 valence electrons. The van der Waals surface area contributed by atoms with Crippen molar-refractivity contribution in [2.45, 2.75) is 40.2 Å². The predicted molar refractivity (Wildman–Crippen MR) is 79.0 cm³/mol. The van der Waals surface area contributed by atoms with E-state index in [2.05, 4.69) is 56.2 Å². The maximum Gasteiger partial charge on any atom is 0.0372 e. The quantitative estimate of drug-likeness (QED) is 0.878. The second-order valence-corrected chi connectivity index (χ2v) is 6.75. The molecule has 1 aliphatic heterocycles. The summed E-state index contributed by atoms with van der Waals surface area (Å²) < 4.78 is 0. The highest BCUT2D eigenvalue weighted by Gasteiger charge is 2.14. The van der Waals surface area contributed by atoms with Crippen molar-refractivity contribution in [2.75, 3.05) is 25.5 Å². The number of nitrogens with zero attached hydrogens (tertiary/aromatic N) is 1. The summed E-state index contributed by atoms with van der Waals surface area (Å²) in [6.07, 6.45) is 2.48. The van der Waals surface area contributed by atoms with E-state index in [1.165, 1.54) is 29.7 Å². The molecule has 0 bridgehead atoms. The van der Waals surface area contributed by atoms with E-state index in [1.807, 2.05) is 0 Å². The van der Waals surface area contributed by atoms with Crippen LogP contribution in [-0.4, -0.2) is 25.0 Å². The Morgan fingerprint density at radius 1 is 1.28 bits per heavy atom. The molecule has 0 saturated heterocycles. The summed E-state index contributed by atoms with van der Waals surface area (Å²) in [5.41, 5.74) is 4.63. The molecule has 1 aromatic carbocycles. The molecule has 2 heteroatoms. The zero-order valence-electron chi connectivity index (χ0n) is 12.2. The molecule has 0 spiro atoms. The van der Waals surface area contributed by atoms with Gasteiger partial charge in [-0.25, -0.2) is 0 Å². The second kappa shape index (κ2) is 5.31. The lowest BCUT2D eigenvalue weighted by Gasteiger charge is -2.27. The number of aryl methyl sites for hydroxylation is 1. The monoisotopic (exact) mass is 246 g/mol. The molecule has 0 fully saturated rings. The van der Waals surface area contributed by atoms with Gasteiger partial charge in [-0.2, -0.15) is 0 Å². The van der Waals surface area contributed by atoms with Gasteiger partial charge >= 0.3 is 0 Å². The summed E-state index contributed by atoms with van der Waals surface area (Å²) in [4.78, 5) is 2.41. The van der Waals surface area contributed by atoms with Crippen LogP contribution in [0.25, 0.3) is 0 Å². The summed E-state index contributed by atoms with van der Waals surface area (Å²) in [7, 11) is 2.21. The van der Waals surface area contributed by atoms with Gasteiger partial charge in [0.1, 0.15) is 0 Å². The lowest BCUT2D eigenvalue weighted by Crippen LogP contribution is -2.28. The van der Waals surface area contributed by atoms with E-state index in [1.54, 1.807) is 0 Å². The van der Waals surface area contributed by atoms with Crippen LogP contribution in [0.2, 0.25) is 0 Å². The summed E-state index contributed by atoms with van der Waals surface area (Å²) in [6.45, 7) is 10.2. The molecule has 0 radical (unpaired) electrons. The van der Waals surface area contributed by atoms with Gasteiger partial charge in [-0.3, -0.25) is 0 Å². The number of hydrogen-bond donors (Lipinski definition) is 1. The lowest BCUT2D eigenvalue weighted by atomic mass is 9.95. The van der Waals surface area contributed by atoms with Crippen molar-refractivity contribution in [2.24, 2.45) is 5.41 Å². The summed E-state index contributed by atoms with van der Waals surface area (Å²) in [5, 5.41) is 3.47. The minimum atomic E-state index is 0.366. The van der Waals surface area contributed by atoms with Crippen molar-refractivity contribution in [3.63, 3.8) is 0 Å². The highest BCUT2D eigenvalue weighted by molar-refractivity contribution is 5.54. The van der Waals surface area contributed by atoms with Crippen LogP contribution >= 0.6 is 0 Å². The third-order valence-corrected chi connectivity index (χ3v) is 3.30. The highest BCUT2D eigenvalue weighted by atomic mass is 15.1. The first-order valence-electron chi connectivity index (χ1n) is 6.98. The average molecular weight is 246 g/mol. The lowest BCUT2D eigenvalue weighted by molar-refractivity contribution is 0.221. The van der Waals surface area contributed by atoms with Crippen molar-refractivity contribution in [3.05, 3.63) is 29.3 Å². The fraction of sp³-hybridized carbons (Fsp3) is 0.625. The fourth-order valence-corrected chi connectivity index (χ4v) is 2.80. The Morgan fingerprint density at radius 3 is 2.78 bits per heavy atom. The van der Waals surface area contributed by atoms with Gasteiger partial charge in [0.2, 0.25) is 0 Å². The smallest absolute Gasteiger partial charge is 0.0372 e. The first-order chi connectivity index (χ1) is 8.44. The third-order valence-electron chi connectivity index (χ3n) is 3.30. The second-order valence-electron chi connectivity index (χ2n) is 6.75. The minimum absolute atomic E-state index is 0.366. The van der Waals surface area contributed by atoms with Crippen LogP contribution in [-0.2, 0) is 13.0 Å². The van der Waals surface area contributed by atoms with E-state index in [4.69, 9.17) is 0 Å². The Morgan fingerprint density at radius 2 is 2.06 bits per heavy atom. The van der Waals surface area contributed by atoms with Crippen molar-refractivity contribution >= 4 is 5.69 Å². The summed E-state index contributed by atoms with van der Waals surface area (Å²) in [5.74, 6) is 0. The molecule has 0 aromatic heterocycles. The van der Waals surface area contributed by atoms with E-state index >= 15 is 0 Å². The first kappa shape index (κ1) is 13.4. The van der Waals surface area contributed by atoms with Crippen molar-refractivity contribution in [3.8, 4) is 0 Å². The molecule has 1 heterocycles. The van der Waals surface area contributed by atoms with Crippen molar-refractivity contribution < 1.29 is 0 Å². The Balaban J connectivity index is 2.01. The molecule has 0 unspecified atom stereocenters.